The lowest BCUT2D eigenvalue weighted by molar-refractivity contribution is 0.901. The van der Waals surface area contributed by atoms with Crippen molar-refractivity contribution < 1.29 is 0 Å². The minimum atomic E-state index is 0.832. The summed E-state index contributed by atoms with van der Waals surface area (Å²) in [5.41, 5.74) is 1.11. The molecule has 0 fully saturated rings. The zero-order valence-electron chi connectivity index (χ0n) is 7.54. The summed E-state index contributed by atoms with van der Waals surface area (Å²) in [5, 5.41) is 0. The molecule has 0 aliphatic carbocycles. The Labute approximate surface area is 99.2 Å². The van der Waals surface area contributed by atoms with E-state index in [9.17, 15) is 0 Å². The number of rotatable bonds is 1. The first-order chi connectivity index (χ1) is 6.70. The molecule has 4 heteroatoms. The van der Waals surface area contributed by atoms with Crippen LogP contribution in [-0.4, -0.2) is 9.55 Å². The van der Waals surface area contributed by atoms with Gasteiger partial charge in [0.25, 0.3) is 0 Å². The van der Waals surface area contributed by atoms with Gasteiger partial charge in [-0.2, -0.15) is 0 Å². The summed E-state index contributed by atoms with van der Waals surface area (Å²) in [4.78, 5) is 4.41. The van der Waals surface area contributed by atoms with Crippen molar-refractivity contribution in [2.24, 2.45) is 7.05 Å². The molecule has 0 atom stereocenters. The molecule has 0 aliphatic heterocycles. The van der Waals surface area contributed by atoms with Gasteiger partial charge in [0.15, 0.2) is 0 Å². The topological polar surface area (TPSA) is 17.8 Å². The van der Waals surface area contributed by atoms with E-state index >= 15 is 0 Å². The van der Waals surface area contributed by atoms with Gasteiger partial charge in [0.1, 0.15) is 15.0 Å². The third kappa shape index (κ3) is 1.64. The van der Waals surface area contributed by atoms with Gasteiger partial charge in [-0.15, -0.1) is 0 Å². The smallest absolute Gasteiger partial charge is 0.141 e. The molecule has 0 unspecified atom stereocenters. The number of hydrogen-bond donors (Lipinski definition) is 0. The summed E-state index contributed by atoms with van der Waals surface area (Å²) >= 11 is 6.84. The average Bonchev–Trinajstić information content (AvgIpc) is 2.47. The quantitative estimate of drug-likeness (QED) is 0.786. The SMILES string of the molecule is Cn1c(-c2ccccc2)nc(Br)c1Br. The van der Waals surface area contributed by atoms with Crippen LogP contribution < -0.4 is 0 Å². The van der Waals surface area contributed by atoms with E-state index in [1.54, 1.807) is 0 Å². The predicted octanol–water partition coefficient (Wildman–Crippen LogP) is 3.61. The van der Waals surface area contributed by atoms with Crippen LogP contribution >= 0.6 is 31.9 Å². The Morgan fingerprint density at radius 1 is 1.14 bits per heavy atom. The fourth-order valence-electron chi connectivity index (χ4n) is 1.29. The Kier molecular flexibility index (Phi) is 2.74. The molecular formula is C10H8Br2N2. The summed E-state index contributed by atoms with van der Waals surface area (Å²) in [7, 11) is 1.98. The van der Waals surface area contributed by atoms with Crippen molar-refractivity contribution in [3.8, 4) is 11.4 Å². The number of aromatic nitrogens is 2. The van der Waals surface area contributed by atoms with Crippen LogP contribution in [0.4, 0.5) is 0 Å². The summed E-state index contributed by atoms with van der Waals surface area (Å²) in [6.07, 6.45) is 0. The summed E-state index contributed by atoms with van der Waals surface area (Å²) < 4.78 is 3.79. The molecule has 2 nitrogen and oxygen atoms in total. The minimum Gasteiger partial charge on any atom is -0.321 e. The van der Waals surface area contributed by atoms with Crippen LogP contribution in [-0.2, 0) is 7.05 Å². The molecule has 1 aromatic carbocycles. The van der Waals surface area contributed by atoms with Gasteiger partial charge in [-0.05, 0) is 31.9 Å². The van der Waals surface area contributed by atoms with Crippen molar-refractivity contribution in [3.05, 3.63) is 39.5 Å². The number of benzene rings is 1. The molecule has 2 rings (SSSR count). The van der Waals surface area contributed by atoms with E-state index < -0.39 is 0 Å². The zero-order chi connectivity index (χ0) is 10.1. The van der Waals surface area contributed by atoms with Gasteiger partial charge in [-0.3, -0.25) is 0 Å². The van der Waals surface area contributed by atoms with Gasteiger partial charge in [-0.25, -0.2) is 4.98 Å². The maximum Gasteiger partial charge on any atom is 0.141 e. The van der Waals surface area contributed by atoms with Crippen molar-refractivity contribution >= 4 is 31.9 Å². The molecule has 0 saturated carbocycles. The first-order valence-electron chi connectivity index (χ1n) is 4.13. The summed E-state index contributed by atoms with van der Waals surface area (Å²) in [6, 6.07) is 10.1. The minimum absolute atomic E-state index is 0.832. The van der Waals surface area contributed by atoms with Crippen LogP contribution in [0.25, 0.3) is 11.4 Å². The second-order valence-electron chi connectivity index (χ2n) is 2.94. The predicted molar refractivity (Wildman–Crippen MR) is 64.0 cm³/mol. The second-order valence-corrected chi connectivity index (χ2v) is 4.44. The number of imidazole rings is 1. The molecule has 0 amide bonds. The van der Waals surface area contributed by atoms with Crippen molar-refractivity contribution in [1.82, 2.24) is 9.55 Å². The van der Waals surface area contributed by atoms with Crippen LogP contribution in [0.3, 0.4) is 0 Å². The molecule has 72 valence electrons. The Hall–Kier alpha value is -0.610. The average molecular weight is 316 g/mol. The maximum atomic E-state index is 4.41. The highest BCUT2D eigenvalue weighted by Crippen LogP contribution is 2.28. The monoisotopic (exact) mass is 314 g/mol. The van der Waals surface area contributed by atoms with E-state index in [0.29, 0.717) is 0 Å². The molecule has 0 saturated heterocycles. The van der Waals surface area contributed by atoms with Gasteiger partial charge in [0.05, 0.1) is 0 Å². The number of hydrogen-bond acceptors (Lipinski definition) is 1. The molecule has 0 spiro atoms. The molecule has 1 aromatic heterocycles. The van der Waals surface area contributed by atoms with Crippen LogP contribution in [0.5, 0.6) is 0 Å². The van der Waals surface area contributed by atoms with Crippen molar-refractivity contribution in [3.63, 3.8) is 0 Å². The zero-order valence-corrected chi connectivity index (χ0v) is 10.7. The van der Waals surface area contributed by atoms with Gasteiger partial charge in [0.2, 0.25) is 0 Å². The first kappa shape index (κ1) is 9.93. The Balaban J connectivity index is 2.58. The van der Waals surface area contributed by atoms with Crippen LogP contribution in [0.15, 0.2) is 39.5 Å². The van der Waals surface area contributed by atoms with E-state index in [4.69, 9.17) is 0 Å². The van der Waals surface area contributed by atoms with Gasteiger partial charge in [-0.1, -0.05) is 30.3 Å². The highest BCUT2D eigenvalue weighted by atomic mass is 79.9. The molecule has 2 aromatic rings. The molecule has 14 heavy (non-hydrogen) atoms. The van der Waals surface area contributed by atoms with Crippen molar-refractivity contribution in [2.75, 3.05) is 0 Å². The van der Waals surface area contributed by atoms with E-state index in [2.05, 4.69) is 36.8 Å². The lowest BCUT2D eigenvalue weighted by Gasteiger charge is -2.01. The Bertz CT molecular complexity index is 449. The molecule has 0 N–H and O–H groups in total. The molecule has 1 heterocycles. The first-order valence-corrected chi connectivity index (χ1v) is 5.72. The highest BCUT2D eigenvalue weighted by molar-refractivity contribution is 9.13. The highest BCUT2D eigenvalue weighted by Gasteiger charge is 2.10. The van der Waals surface area contributed by atoms with Crippen LogP contribution in [0.2, 0.25) is 0 Å². The molecular weight excluding hydrogens is 308 g/mol. The third-order valence-corrected chi connectivity index (χ3v) is 4.01. The van der Waals surface area contributed by atoms with E-state index in [-0.39, 0.29) is 0 Å². The van der Waals surface area contributed by atoms with Crippen molar-refractivity contribution in [1.29, 1.82) is 0 Å². The van der Waals surface area contributed by atoms with Crippen molar-refractivity contribution in [2.45, 2.75) is 0 Å². The van der Waals surface area contributed by atoms with Crippen LogP contribution in [0.1, 0.15) is 0 Å². The largest absolute Gasteiger partial charge is 0.321 e. The molecule has 0 radical (unpaired) electrons. The van der Waals surface area contributed by atoms with E-state index in [0.717, 1.165) is 20.6 Å². The van der Waals surface area contributed by atoms with E-state index in [1.807, 2.05) is 41.9 Å². The summed E-state index contributed by atoms with van der Waals surface area (Å²) in [5.74, 6) is 0.948. The lowest BCUT2D eigenvalue weighted by atomic mass is 10.2. The normalized spacial score (nSPS) is 10.5. The van der Waals surface area contributed by atoms with Gasteiger partial charge in [0, 0.05) is 12.6 Å². The van der Waals surface area contributed by atoms with Crippen LogP contribution in [0, 0.1) is 0 Å². The third-order valence-electron chi connectivity index (χ3n) is 2.02. The lowest BCUT2D eigenvalue weighted by Crippen LogP contribution is -1.92. The number of halogens is 2. The van der Waals surface area contributed by atoms with E-state index in [1.165, 1.54) is 0 Å². The summed E-state index contributed by atoms with van der Waals surface area (Å²) in [6.45, 7) is 0. The Morgan fingerprint density at radius 2 is 1.79 bits per heavy atom. The number of nitrogens with zero attached hydrogens (tertiary/aromatic N) is 2. The fraction of sp³-hybridized carbons (Fsp3) is 0.100. The second kappa shape index (κ2) is 3.87. The molecule has 0 aliphatic rings. The molecule has 0 bridgehead atoms. The van der Waals surface area contributed by atoms with Gasteiger partial charge < -0.3 is 4.57 Å². The Morgan fingerprint density at radius 3 is 2.29 bits per heavy atom. The fourth-order valence-corrected chi connectivity index (χ4v) is 1.98. The van der Waals surface area contributed by atoms with Gasteiger partial charge >= 0.3 is 0 Å². The standard InChI is InChI=1S/C10H8Br2N2/c1-14-9(12)8(11)13-10(14)7-5-3-2-4-6-7/h2-6H,1H3. The maximum absolute atomic E-state index is 4.41.